The van der Waals surface area contributed by atoms with E-state index in [1.165, 1.54) is 0 Å². The Morgan fingerprint density at radius 1 is 0.607 bits per heavy atom. The molecule has 2 heterocycles. The Morgan fingerprint density at radius 2 is 1.32 bits per heavy atom. The van der Waals surface area contributed by atoms with Gasteiger partial charge in [0, 0.05) is 10.6 Å². The van der Waals surface area contributed by atoms with Gasteiger partial charge in [0.1, 0.15) is 5.69 Å². The monoisotopic (exact) mass is 381 g/mol. The van der Waals surface area contributed by atoms with E-state index < -0.39 is 0 Å². The van der Waals surface area contributed by atoms with Crippen LogP contribution in [0.15, 0.2) is 91.0 Å². The Hall–Kier alpha value is -3.43. The number of benzene rings is 3. The Kier molecular flexibility index (Phi) is 4.15. The predicted molar refractivity (Wildman–Crippen MR) is 115 cm³/mol. The minimum absolute atomic E-state index is 0.721. The van der Waals surface area contributed by atoms with Crippen molar-refractivity contribution in [3.8, 4) is 33.9 Å². The first-order chi connectivity index (χ1) is 13.8. The van der Waals surface area contributed by atoms with Crippen LogP contribution in [-0.2, 0) is 0 Å². The van der Waals surface area contributed by atoms with Crippen molar-refractivity contribution in [2.45, 2.75) is 0 Å². The molecule has 134 valence electrons. The summed E-state index contributed by atoms with van der Waals surface area (Å²) in [6.07, 6.45) is 0. The number of rotatable bonds is 3. The Morgan fingerprint density at radius 3 is 2.11 bits per heavy atom. The molecule has 0 amide bonds. The van der Waals surface area contributed by atoms with Crippen molar-refractivity contribution < 1.29 is 0 Å². The largest absolute Gasteiger partial charge is 0.337 e. The van der Waals surface area contributed by atoms with Crippen LogP contribution in [0.2, 0.25) is 5.02 Å². The van der Waals surface area contributed by atoms with Crippen LogP contribution in [0.5, 0.6) is 0 Å². The fourth-order valence-electron chi connectivity index (χ4n) is 3.29. The second-order valence-corrected chi connectivity index (χ2v) is 7.04. The maximum atomic E-state index is 6.07. The van der Waals surface area contributed by atoms with Crippen LogP contribution in [-0.4, -0.2) is 15.0 Å². The van der Waals surface area contributed by atoms with Gasteiger partial charge in [-0.25, -0.2) is 9.97 Å². The van der Waals surface area contributed by atoms with Crippen LogP contribution in [0, 0.1) is 0 Å². The quantitative estimate of drug-likeness (QED) is 0.382. The van der Waals surface area contributed by atoms with E-state index in [0.717, 1.165) is 50.0 Å². The molecule has 4 heteroatoms. The topological polar surface area (TPSA) is 41.6 Å². The number of fused-ring (bicyclic) bond motifs is 1. The zero-order valence-corrected chi connectivity index (χ0v) is 15.7. The lowest BCUT2D eigenvalue weighted by molar-refractivity contribution is 1.24. The lowest BCUT2D eigenvalue weighted by Gasteiger charge is -2.09. The predicted octanol–water partition coefficient (Wildman–Crippen LogP) is 6.61. The molecule has 2 aromatic heterocycles. The second kappa shape index (κ2) is 6.95. The lowest BCUT2D eigenvalue weighted by Crippen LogP contribution is -1.92. The van der Waals surface area contributed by atoms with Gasteiger partial charge in [-0.15, -0.1) is 0 Å². The zero-order chi connectivity index (χ0) is 18.9. The number of halogens is 1. The van der Waals surface area contributed by atoms with Gasteiger partial charge in [-0.05, 0) is 47.5 Å². The smallest absolute Gasteiger partial charge is 0.157 e. The average Bonchev–Trinajstić information content (AvgIpc) is 3.19. The molecule has 0 aliphatic carbocycles. The number of nitrogens with zero attached hydrogens (tertiary/aromatic N) is 2. The molecule has 0 aliphatic heterocycles. The molecule has 28 heavy (non-hydrogen) atoms. The molecular weight excluding hydrogens is 366 g/mol. The highest BCUT2D eigenvalue weighted by Crippen LogP contribution is 2.30. The third-order valence-electron chi connectivity index (χ3n) is 4.70. The number of aromatic amines is 1. The first kappa shape index (κ1) is 16.7. The van der Waals surface area contributed by atoms with Crippen LogP contribution < -0.4 is 0 Å². The summed E-state index contributed by atoms with van der Waals surface area (Å²) < 4.78 is 0. The highest BCUT2D eigenvalue weighted by molar-refractivity contribution is 6.30. The van der Waals surface area contributed by atoms with E-state index in [2.05, 4.69) is 29.2 Å². The fraction of sp³-hybridized carbons (Fsp3) is 0. The number of hydrogen-bond donors (Lipinski definition) is 1. The van der Waals surface area contributed by atoms with Crippen molar-refractivity contribution in [2.75, 3.05) is 0 Å². The third kappa shape index (κ3) is 3.17. The van der Waals surface area contributed by atoms with Gasteiger partial charge in [-0.1, -0.05) is 66.2 Å². The summed E-state index contributed by atoms with van der Waals surface area (Å²) in [6, 6.07) is 30.2. The molecular formula is C24H16ClN3. The minimum atomic E-state index is 0.721. The number of para-hydroxylation sites is 2. The van der Waals surface area contributed by atoms with E-state index in [1.807, 2.05) is 66.7 Å². The first-order valence-corrected chi connectivity index (χ1v) is 9.43. The van der Waals surface area contributed by atoms with Crippen molar-refractivity contribution in [1.29, 1.82) is 0 Å². The Labute approximate surface area is 167 Å². The van der Waals surface area contributed by atoms with E-state index in [1.54, 1.807) is 0 Å². The van der Waals surface area contributed by atoms with Crippen molar-refractivity contribution in [3.05, 3.63) is 96.0 Å². The molecule has 1 N–H and O–H groups in total. The van der Waals surface area contributed by atoms with Gasteiger partial charge < -0.3 is 4.98 Å². The van der Waals surface area contributed by atoms with Crippen molar-refractivity contribution in [2.24, 2.45) is 0 Å². The molecule has 3 aromatic carbocycles. The molecule has 0 atom stereocenters. The molecule has 0 fully saturated rings. The van der Waals surface area contributed by atoms with E-state index in [0.29, 0.717) is 0 Å². The SMILES string of the molecule is Clc1ccc(-c2cc(-c3ccccc3)nc(-c3nc4ccccc4[nH]3)c2)cc1. The zero-order valence-electron chi connectivity index (χ0n) is 14.9. The molecule has 0 unspecified atom stereocenters. The highest BCUT2D eigenvalue weighted by atomic mass is 35.5. The number of nitrogens with one attached hydrogen (secondary N) is 1. The molecule has 0 saturated heterocycles. The summed E-state index contributed by atoms with van der Waals surface area (Å²) in [5.74, 6) is 0.759. The van der Waals surface area contributed by atoms with Gasteiger partial charge in [0.15, 0.2) is 5.82 Å². The van der Waals surface area contributed by atoms with E-state index >= 15 is 0 Å². The number of pyridine rings is 1. The van der Waals surface area contributed by atoms with Crippen molar-refractivity contribution in [1.82, 2.24) is 15.0 Å². The van der Waals surface area contributed by atoms with E-state index in [-0.39, 0.29) is 0 Å². The minimum Gasteiger partial charge on any atom is -0.337 e. The number of hydrogen-bond acceptors (Lipinski definition) is 2. The van der Waals surface area contributed by atoms with Crippen LogP contribution >= 0.6 is 11.6 Å². The fourth-order valence-corrected chi connectivity index (χ4v) is 3.42. The maximum absolute atomic E-state index is 6.07. The average molecular weight is 382 g/mol. The van der Waals surface area contributed by atoms with Gasteiger partial charge in [-0.2, -0.15) is 0 Å². The molecule has 3 nitrogen and oxygen atoms in total. The molecule has 0 bridgehead atoms. The van der Waals surface area contributed by atoms with Crippen molar-refractivity contribution >= 4 is 22.6 Å². The van der Waals surface area contributed by atoms with Gasteiger partial charge in [0.25, 0.3) is 0 Å². The lowest BCUT2D eigenvalue weighted by atomic mass is 10.0. The summed E-state index contributed by atoms with van der Waals surface area (Å²) in [7, 11) is 0. The van der Waals surface area contributed by atoms with Gasteiger partial charge in [0.05, 0.1) is 16.7 Å². The first-order valence-electron chi connectivity index (χ1n) is 9.05. The normalized spacial score (nSPS) is 11.0. The summed E-state index contributed by atoms with van der Waals surface area (Å²) in [6.45, 7) is 0. The van der Waals surface area contributed by atoms with Crippen LogP contribution in [0.1, 0.15) is 0 Å². The number of H-pyrrole nitrogens is 1. The van der Waals surface area contributed by atoms with Gasteiger partial charge >= 0.3 is 0 Å². The third-order valence-corrected chi connectivity index (χ3v) is 4.96. The van der Waals surface area contributed by atoms with Crippen molar-refractivity contribution in [3.63, 3.8) is 0 Å². The molecule has 0 aliphatic rings. The summed E-state index contributed by atoms with van der Waals surface area (Å²) in [5.41, 5.74) is 6.86. The van der Waals surface area contributed by atoms with E-state index in [4.69, 9.17) is 21.6 Å². The molecule has 0 spiro atoms. The van der Waals surface area contributed by atoms with Gasteiger partial charge in [0.2, 0.25) is 0 Å². The van der Waals surface area contributed by atoms with Crippen LogP contribution in [0.4, 0.5) is 0 Å². The molecule has 5 aromatic rings. The highest BCUT2D eigenvalue weighted by Gasteiger charge is 2.12. The molecule has 5 rings (SSSR count). The summed E-state index contributed by atoms with van der Waals surface area (Å²) in [4.78, 5) is 13.0. The Balaban J connectivity index is 1.71. The van der Waals surface area contributed by atoms with Gasteiger partial charge in [-0.3, -0.25) is 0 Å². The van der Waals surface area contributed by atoms with Crippen LogP contribution in [0.3, 0.4) is 0 Å². The molecule has 0 radical (unpaired) electrons. The number of aromatic nitrogens is 3. The maximum Gasteiger partial charge on any atom is 0.157 e. The molecule has 0 saturated carbocycles. The van der Waals surface area contributed by atoms with Crippen LogP contribution in [0.25, 0.3) is 44.9 Å². The van der Waals surface area contributed by atoms with E-state index in [9.17, 15) is 0 Å². The number of imidazole rings is 1. The summed E-state index contributed by atoms with van der Waals surface area (Å²) >= 11 is 6.07. The Bertz CT molecular complexity index is 1230. The second-order valence-electron chi connectivity index (χ2n) is 6.60. The standard InChI is InChI=1S/C24H16ClN3/c25-19-12-10-16(11-13-19)18-14-22(17-6-2-1-3-7-17)26-23(15-18)24-27-20-8-4-5-9-21(20)28-24/h1-15H,(H,27,28). The summed E-state index contributed by atoms with van der Waals surface area (Å²) in [5, 5.41) is 0.721.